The zero-order valence-corrected chi connectivity index (χ0v) is 18.8. The average molecular weight is 437 g/mol. The van der Waals surface area contributed by atoms with Crippen LogP contribution in [0.5, 0.6) is 5.75 Å². The van der Waals surface area contributed by atoms with Gasteiger partial charge in [-0.2, -0.15) is 0 Å². The van der Waals surface area contributed by atoms with Crippen LogP contribution in [0, 0.1) is 5.92 Å². The number of nitrogens with zero attached hydrogens (tertiary/aromatic N) is 3. The summed E-state index contributed by atoms with van der Waals surface area (Å²) in [6.45, 7) is 2.23. The van der Waals surface area contributed by atoms with Crippen LogP contribution < -0.4 is 10.1 Å². The fourth-order valence-electron chi connectivity index (χ4n) is 4.01. The number of carbonyl (C=O) groups excluding carboxylic acids is 1. The summed E-state index contributed by atoms with van der Waals surface area (Å²) in [5.41, 5.74) is 1.90. The molecule has 1 heterocycles. The highest BCUT2D eigenvalue weighted by Gasteiger charge is 2.23. The first-order chi connectivity index (χ1) is 15.2. The van der Waals surface area contributed by atoms with Crippen LogP contribution in [0.3, 0.4) is 0 Å². The van der Waals surface area contributed by atoms with Crippen molar-refractivity contribution in [2.24, 2.45) is 5.92 Å². The third kappa shape index (κ3) is 5.10. The zero-order valence-electron chi connectivity index (χ0n) is 18.0. The molecule has 1 saturated carbocycles. The number of ether oxygens (including phenoxy) is 1. The largest absolute Gasteiger partial charge is 0.497 e. The molecule has 0 bridgehead atoms. The number of amides is 1. The predicted octanol–water partition coefficient (Wildman–Crippen LogP) is 4.73. The van der Waals surface area contributed by atoms with Crippen molar-refractivity contribution in [3.8, 4) is 22.8 Å². The lowest BCUT2D eigenvalue weighted by molar-refractivity contribution is -0.119. The minimum absolute atomic E-state index is 0.0503. The molecule has 3 aromatic rings. The Morgan fingerprint density at radius 3 is 2.55 bits per heavy atom. The van der Waals surface area contributed by atoms with Gasteiger partial charge in [0.1, 0.15) is 5.75 Å². The van der Waals surface area contributed by atoms with Gasteiger partial charge in [0.05, 0.1) is 12.9 Å². The maximum Gasteiger partial charge on any atom is 0.230 e. The smallest absolute Gasteiger partial charge is 0.230 e. The molecule has 1 fully saturated rings. The Bertz CT molecular complexity index is 1000. The van der Waals surface area contributed by atoms with Gasteiger partial charge in [-0.25, -0.2) is 0 Å². The summed E-state index contributed by atoms with van der Waals surface area (Å²) in [6.07, 6.45) is 4.70. The Balaban J connectivity index is 1.55. The normalized spacial score (nSPS) is 18.5. The highest BCUT2D eigenvalue weighted by Crippen LogP contribution is 2.29. The number of methoxy groups -OCH3 is 1. The number of hydrogen-bond donors (Lipinski definition) is 1. The molecule has 0 saturated heterocycles. The fourth-order valence-corrected chi connectivity index (χ4v) is 4.77. The van der Waals surface area contributed by atoms with Gasteiger partial charge in [-0.1, -0.05) is 61.9 Å². The van der Waals surface area contributed by atoms with E-state index in [9.17, 15) is 4.79 Å². The molecule has 0 radical (unpaired) electrons. The van der Waals surface area contributed by atoms with Gasteiger partial charge in [0.15, 0.2) is 11.0 Å². The van der Waals surface area contributed by atoms with Crippen molar-refractivity contribution in [2.75, 3.05) is 12.9 Å². The van der Waals surface area contributed by atoms with E-state index in [2.05, 4.69) is 22.4 Å². The quantitative estimate of drug-likeness (QED) is 0.542. The van der Waals surface area contributed by atoms with Crippen LogP contribution in [0.15, 0.2) is 59.8 Å². The number of thioether (sulfide) groups is 1. The average Bonchev–Trinajstić information content (AvgIpc) is 3.24. The number of benzene rings is 2. The molecule has 2 atom stereocenters. The second-order valence-electron chi connectivity index (χ2n) is 7.93. The molecule has 1 amide bonds. The first kappa shape index (κ1) is 21.4. The van der Waals surface area contributed by atoms with Gasteiger partial charge in [-0.15, -0.1) is 10.2 Å². The number of rotatable bonds is 7. The second-order valence-corrected chi connectivity index (χ2v) is 8.87. The predicted molar refractivity (Wildman–Crippen MR) is 124 cm³/mol. The van der Waals surface area contributed by atoms with Gasteiger partial charge < -0.3 is 10.1 Å². The Hall–Kier alpha value is -2.80. The molecule has 7 heteroatoms. The molecule has 162 valence electrons. The summed E-state index contributed by atoms with van der Waals surface area (Å²) in [7, 11) is 1.65. The highest BCUT2D eigenvalue weighted by atomic mass is 32.2. The molecule has 1 aromatic heterocycles. The number of aromatic nitrogens is 3. The Labute approximate surface area is 187 Å². The minimum atomic E-state index is 0.0503. The first-order valence-corrected chi connectivity index (χ1v) is 11.7. The van der Waals surface area contributed by atoms with Crippen LogP contribution in [-0.2, 0) is 4.79 Å². The number of carbonyl (C=O) groups is 1. The molecule has 31 heavy (non-hydrogen) atoms. The van der Waals surface area contributed by atoms with E-state index in [1.165, 1.54) is 31.0 Å². The number of nitrogens with one attached hydrogen (secondary N) is 1. The van der Waals surface area contributed by atoms with Crippen LogP contribution in [0.25, 0.3) is 17.1 Å². The summed E-state index contributed by atoms with van der Waals surface area (Å²) in [6, 6.07) is 18.0. The lowest BCUT2D eigenvalue weighted by atomic mass is 9.86. The van der Waals surface area contributed by atoms with Gasteiger partial charge in [-0.3, -0.25) is 9.36 Å². The summed E-state index contributed by atoms with van der Waals surface area (Å²) in [5.74, 6) is 2.43. The monoisotopic (exact) mass is 436 g/mol. The zero-order chi connectivity index (χ0) is 21.6. The molecule has 6 nitrogen and oxygen atoms in total. The summed E-state index contributed by atoms with van der Waals surface area (Å²) < 4.78 is 7.29. The third-order valence-electron chi connectivity index (χ3n) is 5.79. The second kappa shape index (κ2) is 10.0. The Morgan fingerprint density at radius 1 is 1.10 bits per heavy atom. The lowest BCUT2D eigenvalue weighted by Gasteiger charge is -2.29. The van der Waals surface area contributed by atoms with E-state index in [1.54, 1.807) is 7.11 Å². The van der Waals surface area contributed by atoms with Gasteiger partial charge in [0, 0.05) is 17.3 Å². The van der Waals surface area contributed by atoms with Crippen LogP contribution in [0.4, 0.5) is 0 Å². The summed E-state index contributed by atoms with van der Waals surface area (Å²) >= 11 is 1.41. The van der Waals surface area contributed by atoms with E-state index >= 15 is 0 Å². The lowest BCUT2D eigenvalue weighted by Crippen LogP contribution is -2.41. The molecule has 0 aliphatic heterocycles. The summed E-state index contributed by atoms with van der Waals surface area (Å²) in [4.78, 5) is 12.6. The van der Waals surface area contributed by atoms with Gasteiger partial charge in [0.25, 0.3) is 0 Å². The SMILES string of the molecule is COc1ccc(-n2c(SCC(=O)NC3CCCCC3C)nnc2-c2ccccc2)cc1. The van der Waals surface area contributed by atoms with E-state index in [4.69, 9.17) is 4.74 Å². The van der Waals surface area contributed by atoms with Crippen molar-refractivity contribution in [2.45, 2.75) is 43.8 Å². The molecule has 1 aliphatic carbocycles. The molecule has 1 N–H and O–H groups in total. The van der Waals surface area contributed by atoms with E-state index in [0.29, 0.717) is 16.8 Å². The molecule has 2 aromatic carbocycles. The molecular weight excluding hydrogens is 408 g/mol. The van der Waals surface area contributed by atoms with E-state index in [-0.39, 0.29) is 11.9 Å². The van der Waals surface area contributed by atoms with E-state index in [0.717, 1.165) is 29.2 Å². The van der Waals surface area contributed by atoms with Crippen molar-refractivity contribution in [3.63, 3.8) is 0 Å². The number of hydrogen-bond acceptors (Lipinski definition) is 5. The fraction of sp³-hybridized carbons (Fsp3) is 0.375. The van der Waals surface area contributed by atoms with Crippen LogP contribution >= 0.6 is 11.8 Å². The topological polar surface area (TPSA) is 69.0 Å². The minimum Gasteiger partial charge on any atom is -0.497 e. The van der Waals surface area contributed by atoms with Crippen molar-refractivity contribution >= 4 is 17.7 Å². The van der Waals surface area contributed by atoms with Crippen molar-refractivity contribution in [3.05, 3.63) is 54.6 Å². The maximum absolute atomic E-state index is 12.6. The summed E-state index contributed by atoms with van der Waals surface area (Å²) in [5, 5.41) is 12.8. The molecule has 1 aliphatic rings. The van der Waals surface area contributed by atoms with E-state index < -0.39 is 0 Å². The standard InChI is InChI=1S/C24H28N4O2S/c1-17-8-6-7-11-21(17)25-22(29)16-31-24-27-26-23(18-9-4-3-5-10-18)28(24)19-12-14-20(30-2)15-13-19/h3-5,9-10,12-15,17,21H,6-8,11,16H2,1-2H3,(H,25,29). The maximum atomic E-state index is 12.6. The first-order valence-electron chi connectivity index (χ1n) is 10.7. The molecule has 0 spiro atoms. The van der Waals surface area contributed by atoms with Gasteiger partial charge in [0.2, 0.25) is 5.91 Å². The van der Waals surface area contributed by atoms with Crippen LogP contribution in [-0.4, -0.2) is 39.6 Å². The molecule has 2 unspecified atom stereocenters. The van der Waals surface area contributed by atoms with Crippen LogP contribution in [0.2, 0.25) is 0 Å². The van der Waals surface area contributed by atoms with Crippen molar-refractivity contribution in [1.29, 1.82) is 0 Å². The van der Waals surface area contributed by atoms with Gasteiger partial charge >= 0.3 is 0 Å². The van der Waals surface area contributed by atoms with Gasteiger partial charge in [-0.05, 0) is 43.0 Å². The molecular formula is C24H28N4O2S. The Kier molecular flexibility index (Phi) is 6.92. The highest BCUT2D eigenvalue weighted by molar-refractivity contribution is 7.99. The van der Waals surface area contributed by atoms with E-state index in [1.807, 2.05) is 59.2 Å². The van der Waals surface area contributed by atoms with Crippen LogP contribution in [0.1, 0.15) is 32.6 Å². The third-order valence-corrected chi connectivity index (χ3v) is 6.72. The van der Waals surface area contributed by atoms with Crippen molar-refractivity contribution in [1.82, 2.24) is 20.1 Å². The molecule has 4 rings (SSSR count). The van der Waals surface area contributed by atoms with Crippen molar-refractivity contribution < 1.29 is 9.53 Å². The Morgan fingerprint density at radius 2 is 1.84 bits per heavy atom.